The number of amidine groups is 2. The lowest BCUT2D eigenvalue weighted by molar-refractivity contribution is -0.139. The number of carbonyl (C=O) groups excluding carboxylic acids is 2. The molecule has 0 bridgehead atoms. The Morgan fingerprint density at radius 2 is 1.15 bits per heavy atom. The molecule has 6 atom stereocenters. The summed E-state index contributed by atoms with van der Waals surface area (Å²) in [7, 11) is 3.42. The van der Waals surface area contributed by atoms with E-state index in [1.165, 1.54) is 46.9 Å². The molecule has 8 rings (SSSR count). The van der Waals surface area contributed by atoms with Crippen LogP contribution >= 0.6 is 50.2 Å². The first-order valence-electron chi connectivity index (χ1n) is 25.1. The highest BCUT2D eigenvalue weighted by Gasteiger charge is 2.39. The van der Waals surface area contributed by atoms with Crippen LogP contribution in [0.25, 0.3) is 0 Å². The molecule has 6 unspecified atom stereocenters. The van der Waals surface area contributed by atoms with E-state index in [0.29, 0.717) is 87.5 Å². The number of piperidine rings is 2. The van der Waals surface area contributed by atoms with Crippen LogP contribution in [0.5, 0.6) is 0 Å². The normalized spacial score (nSPS) is 22.0. The number of carboxylic acids is 2. The molecule has 0 saturated carbocycles. The van der Waals surface area contributed by atoms with Crippen LogP contribution in [0.1, 0.15) is 72.8 Å². The third kappa shape index (κ3) is 15.8. The molecule has 4 N–H and O–H groups in total. The molecule has 6 heterocycles. The largest absolute Gasteiger partial charge is 0.480 e. The number of carboxylic acid groups (broad SMARTS) is 2. The maximum atomic E-state index is 14.7. The van der Waals surface area contributed by atoms with Crippen LogP contribution < -0.4 is 10.6 Å². The molecule has 0 spiro atoms. The van der Waals surface area contributed by atoms with E-state index in [2.05, 4.69) is 36.5 Å². The second-order valence-electron chi connectivity index (χ2n) is 18.9. The van der Waals surface area contributed by atoms with Gasteiger partial charge in [0.05, 0.1) is 37.4 Å². The van der Waals surface area contributed by atoms with Gasteiger partial charge in [-0.15, -0.1) is 22.7 Å². The number of hydrogen-bond acceptors (Lipinski definition) is 18. The highest BCUT2D eigenvalue weighted by atomic mass is 79.9. The van der Waals surface area contributed by atoms with E-state index in [4.69, 9.17) is 31.1 Å². The van der Waals surface area contributed by atoms with Crippen molar-refractivity contribution in [2.24, 2.45) is 9.98 Å². The fourth-order valence-electron chi connectivity index (χ4n) is 9.75. The van der Waals surface area contributed by atoms with Crippen molar-refractivity contribution in [2.75, 3.05) is 79.7 Å². The van der Waals surface area contributed by atoms with E-state index in [-0.39, 0.29) is 80.7 Å². The second kappa shape index (κ2) is 28.0. The predicted octanol–water partition coefficient (Wildman–Crippen LogP) is 7.43. The van der Waals surface area contributed by atoms with Gasteiger partial charge in [-0.3, -0.25) is 39.2 Å². The molecule has 4 aromatic rings. The molecule has 2 aromatic heterocycles. The van der Waals surface area contributed by atoms with E-state index < -0.39 is 59.9 Å². The highest BCUT2D eigenvalue weighted by Crippen LogP contribution is 2.39. The number of likely N-dealkylation sites (N-methyl/N-ethyl adjacent to an activating group) is 2. The number of aromatic nitrogens is 2. The van der Waals surface area contributed by atoms with Gasteiger partial charge in [0.25, 0.3) is 0 Å². The van der Waals surface area contributed by atoms with Crippen molar-refractivity contribution in [1.29, 1.82) is 0 Å². The molecule has 0 amide bonds. The minimum atomic E-state index is -1.07. The summed E-state index contributed by atoms with van der Waals surface area (Å²) in [6.45, 7) is 4.71. The number of aliphatic imine (C=N–C) groups is 2. The Labute approximate surface area is 470 Å². The van der Waals surface area contributed by atoms with Crippen LogP contribution in [0.15, 0.2) is 96.5 Å². The Bertz CT molecular complexity index is 2710. The minimum Gasteiger partial charge on any atom is -0.480 e. The van der Waals surface area contributed by atoms with E-state index >= 15 is 0 Å². The minimum absolute atomic E-state index is 0.0975. The van der Waals surface area contributed by atoms with Crippen molar-refractivity contribution in [3.8, 4) is 0 Å². The zero-order valence-corrected chi connectivity index (χ0v) is 47.1. The molecular formula is C52H60BrClF4N10O8S2. The Balaban J connectivity index is 0.000000226. The van der Waals surface area contributed by atoms with Gasteiger partial charge >= 0.3 is 23.9 Å². The Hall–Kier alpha value is -5.67. The molecule has 2 saturated heterocycles. The van der Waals surface area contributed by atoms with Gasteiger partial charge in [0.1, 0.15) is 36.1 Å². The fraction of sp³-hybridized carbons (Fsp3) is 0.462. The smallest absolute Gasteiger partial charge is 0.338 e. The zero-order chi connectivity index (χ0) is 56.2. The number of rotatable bonds is 20. The average molecular weight is 1210 g/mol. The van der Waals surface area contributed by atoms with Crippen molar-refractivity contribution in [3.05, 3.63) is 124 Å². The van der Waals surface area contributed by atoms with Gasteiger partial charge in [0.2, 0.25) is 0 Å². The standard InChI is InChI=1S/C26H30BrF2N5O4S.C26H30ClF2N5O4S/c2*1-3-38-26(37)22-20(13-34-11-16(29)4-6-17(34)12-33(2)14-21(35)36)31-24(25-30-8-9-39-25)32-23(22)18-7-5-15(28)10-19(18)27/h2*5,7-10,16-17,23H,3-4,6,11-14H2,1-2H3,(H,31,32)(H,35,36). The van der Waals surface area contributed by atoms with E-state index in [1.807, 2.05) is 9.80 Å². The van der Waals surface area contributed by atoms with Crippen molar-refractivity contribution in [1.82, 2.24) is 40.2 Å². The highest BCUT2D eigenvalue weighted by molar-refractivity contribution is 9.10. The summed E-state index contributed by atoms with van der Waals surface area (Å²) in [6, 6.07) is 6.00. The number of thiazole rings is 2. The van der Waals surface area contributed by atoms with Crippen LogP contribution in [0.4, 0.5) is 17.6 Å². The zero-order valence-electron chi connectivity index (χ0n) is 43.1. The third-order valence-electron chi connectivity index (χ3n) is 13.1. The van der Waals surface area contributed by atoms with Crippen molar-refractivity contribution in [3.63, 3.8) is 0 Å². The van der Waals surface area contributed by atoms with Crippen LogP contribution in [0.3, 0.4) is 0 Å². The number of benzene rings is 2. The lowest BCUT2D eigenvalue weighted by Crippen LogP contribution is -2.52. The lowest BCUT2D eigenvalue weighted by Gasteiger charge is -2.40. The summed E-state index contributed by atoms with van der Waals surface area (Å²) < 4.78 is 68.5. The van der Waals surface area contributed by atoms with Gasteiger partial charge in [0, 0.05) is 101 Å². The Morgan fingerprint density at radius 1 is 0.718 bits per heavy atom. The summed E-state index contributed by atoms with van der Waals surface area (Å²) in [5.41, 5.74) is 2.32. The summed E-state index contributed by atoms with van der Waals surface area (Å²) in [5.74, 6) is -3.25. The van der Waals surface area contributed by atoms with Crippen LogP contribution in [0, 0.1) is 11.6 Å². The van der Waals surface area contributed by atoms with Gasteiger partial charge < -0.3 is 30.3 Å². The summed E-state index contributed by atoms with van der Waals surface area (Å²) in [4.78, 5) is 74.7. The SMILES string of the molecule is CCOC(=O)C1=C(CN2CC(F)CCC2CN(C)CC(=O)O)NC(c2nccs2)=NC1c1ccc(F)cc1Br.CCOC(=O)C1=C(CN2CC(F)CCC2CN(C)CC(=O)O)NC(c2nccs2)=NC1c1ccc(F)cc1Cl. The van der Waals surface area contributed by atoms with Gasteiger partial charge in [-0.05, 0) is 83.5 Å². The molecule has 420 valence electrons. The van der Waals surface area contributed by atoms with Crippen molar-refractivity contribution >= 4 is 85.8 Å². The Morgan fingerprint density at radius 3 is 1.55 bits per heavy atom. The maximum absolute atomic E-state index is 14.7. The number of nitrogens with zero attached hydrogens (tertiary/aromatic N) is 8. The van der Waals surface area contributed by atoms with E-state index in [0.717, 1.165) is 6.07 Å². The van der Waals surface area contributed by atoms with Crippen molar-refractivity contribution < 1.29 is 56.4 Å². The van der Waals surface area contributed by atoms with Gasteiger partial charge in [0.15, 0.2) is 21.7 Å². The number of aliphatic carboxylic acids is 2. The summed E-state index contributed by atoms with van der Waals surface area (Å²) in [5, 5.41) is 29.7. The molecular weight excluding hydrogens is 1150 g/mol. The molecule has 26 heteroatoms. The number of alkyl halides is 2. The summed E-state index contributed by atoms with van der Waals surface area (Å²) in [6.07, 6.45) is 2.92. The van der Waals surface area contributed by atoms with Gasteiger partial charge in [-0.25, -0.2) is 37.1 Å². The number of likely N-dealkylation sites (tertiary alicyclic amines) is 2. The van der Waals surface area contributed by atoms with Crippen molar-refractivity contribution in [2.45, 2.75) is 76.0 Å². The van der Waals surface area contributed by atoms with Crippen LogP contribution in [0.2, 0.25) is 5.02 Å². The van der Waals surface area contributed by atoms with Crippen LogP contribution in [-0.2, 0) is 28.7 Å². The predicted molar refractivity (Wildman–Crippen MR) is 291 cm³/mol. The first-order valence-corrected chi connectivity index (χ1v) is 28.0. The van der Waals surface area contributed by atoms with Crippen LogP contribution in [-0.4, -0.2) is 179 Å². The quantitative estimate of drug-likeness (QED) is 0.0500. The molecule has 4 aliphatic heterocycles. The lowest BCUT2D eigenvalue weighted by atomic mass is 9.94. The molecule has 2 aromatic carbocycles. The number of halogens is 6. The van der Waals surface area contributed by atoms with E-state index in [9.17, 15) is 47.0 Å². The monoisotopic (exact) mass is 1210 g/mol. The second-order valence-corrected chi connectivity index (χ2v) is 22.0. The molecule has 2 fully saturated rings. The van der Waals surface area contributed by atoms with Gasteiger partial charge in [-0.2, -0.15) is 0 Å². The molecule has 0 aliphatic carbocycles. The molecule has 4 aliphatic rings. The number of esters is 2. The van der Waals surface area contributed by atoms with Gasteiger partial charge in [-0.1, -0.05) is 39.7 Å². The first-order chi connectivity index (χ1) is 37.3. The first kappa shape index (κ1) is 60.0. The fourth-order valence-corrected chi connectivity index (χ4v) is 11.8. The van der Waals surface area contributed by atoms with E-state index in [1.54, 1.807) is 67.0 Å². The average Bonchev–Trinajstić information content (AvgIpc) is 4.21. The molecule has 18 nitrogen and oxygen atoms in total. The number of ether oxygens (including phenoxy) is 2. The third-order valence-corrected chi connectivity index (χ3v) is 15.7. The number of nitrogens with one attached hydrogen (secondary N) is 2. The summed E-state index contributed by atoms with van der Waals surface area (Å²) >= 11 is 12.6. The molecule has 0 radical (unpaired) electrons. The maximum Gasteiger partial charge on any atom is 0.338 e. The Kier molecular flexibility index (Phi) is 21.5. The number of hydrogen-bond donors (Lipinski definition) is 4. The molecule has 78 heavy (non-hydrogen) atoms. The number of carbonyl (C=O) groups is 4. The topological polar surface area (TPSA) is 215 Å².